The predicted molar refractivity (Wildman–Crippen MR) is 148 cm³/mol. The van der Waals surface area contributed by atoms with E-state index in [0.717, 1.165) is 39.2 Å². The average Bonchev–Trinajstić information content (AvgIpc) is 3.35. The molecule has 0 bridgehead atoms. The molecule has 3 heterocycles. The minimum atomic E-state index is -1.09. The molecule has 0 aliphatic rings. The summed E-state index contributed by atoms with van der Waals surface area (Å²) in [4.78, 5) is 28.9. The van der Waals surface area contributed by atoms with Gasteiger partial charge in [-0.05, 0) is 49.4 Å². The van der Waals surface area contributed by atoms with Crippen molar-refractivity contribution in [2.45, 2.75) is 13.5 Å². The van der Waals surface area contributed by atoms with Crippen LogP contribution in [0.3, 0.4) is 0 Å². The molecule has 9 nitrogen and oxygen atoms in total. The number of imidazole rings is 1. The van der Waals surface area contributed by atoms with Crippen LogP contribution in [0.2, 0.25) is 5.02 Å². The molecule has 0 radical (unpaired) electrons. The molecule has 0 fully saturated rings. The lowest BCUT2D eigenvalue weighted by Gasteiger charge is -2.08. The van der Waals surface area contributed by atoms with Crippen molar-refractivity contribution in [2.75, 3.05) is 18.5 Å². The van der Waals surface area contributed by atoms with Gasteiger partial charge < -0.3 is 25.9 Å². The predicted octanol–water partition coefficient (Wildman–Crippen LogP) is 5.30. The Hall–Kier alpha value is -4.47. The molecule has 0 spiro atoms. The number of carboxylic acids is 1. The maximum atomic E-state index is 11.4. The first-order valence-electron chi connectivity index (χ1n) is 11.9. The Balaban J connectivity index is 1.53. The van der Waals surface area contributed by atoms with E-state index in [1.54, 1.807) is 18.3 Å². The normalized spacial score (nSPS) is 11.0. The highest BCUT2D eigenvalue weighted by atomic mass is 35.5. The highest BCUT2D eigenvalue weighted by Crippen LogP contribution is 2.32. The summed E-state index contributed by atoms with van der Waals surface area (Å²) in [6.07, 6.45) is 1.68. The summed E-state index contributed by atoms with van der Waals surface area (Å²) in [5.41, 5.74) is 10.9. The fourth-order valence-corrected chi connectivity index (χ4v) is 4.38. The van der Waals surface area contributed by atoms with Crippen LogP contribution in [0.4, 0.5) is 5.69 Å². The van der Waals surface area contributed by atoms with Gasteiger partial charge in [0.05, 0.1) is 51.6 Å². The number of H-pyrrole nitrogens is 1. The van der Waals surface area contributed by atoms with Crippen LogP contribution in [0.25, 0.3) is 33.5 Å². The maximum absolute atomic E-state index is 11.4. The molecular weight excluding hydrogens is 504 g/mol. The highest BCUT2D eigenvalue weighted by Gasteiger charge is 2.17. The van der Waals surface area contributed by atoms with Crippen molar-refractivity contribution in [3.05, 3.63) is 89.0 Å². The fourth-order valence-electron chi connectivity index (χ4n) is 4.11. The molecule has 3 aromatic heterocycles. The van der Waals surface area contributed by atoms with Gasteiger partial charge >= 0.3 is 5.97 Å². The molecule has 192 valence electrons. The van der Waals surface area contributed by atoms with E-state index >= 15 is 0 Å². The lowest BCUT2D eigenvalue weighted by molar-refractivity contribution is 0.0697. The van der Waals surface area contributed by atoms with E-state index in [9.17, 15) is 9.90 Å². The zero-order valence-electron chi connectivity index (χ0n) is 20.5. The molecular formula is C28H25ClN6O3. The second kappa shape index (κ2) is 10.9. The third-order valence-corrected chi connectivity index (χ3v) is 6.30. The third kappa shape index (κ3) is 5.29. The van der Waals surface area contributed by atoms with Gasteiger partial charge in [-0.1, -0.05) is 29.8 Å². The van der Waals surface area contributed by atoms with Gasteiger partial charge in [0, 0.05) is 23.2 Å². The minimum absolute atomic E-state index is 0.0287. The van der Waals surface area contributed by atoms with E-state index in [1.807, 2.05) is 49.4 Å². The Labute approximate surface area is 223 Å². The molecule has 10 heteroatoms. The standard InChI is InChI=1S/C28H25ClN6O3/c1-16-4-2-7-23(33-16)27-26(17-8-9-21-18(12-17)13-19(14-31-21)38-11-10-30)34-24(35-27)15-32-22-6-3-5-20(25(22)29)28(36)37/h2-9,12-14,32H,10-11,15,30H2,1H3,(H,34,35)(H,36,37). The largest absolute Gasteiger partial charge is 0.491 e. The van der Waals surface area contributed by atoms with E-state index in [0.29, 0.717) is 30.4 Å². The van der Waals surface area contributed by atoms with Crippen LogP contribution in [0.1, 0.15) is 21.9 Å². The number of aromatic nitrogens is 4. The first kappa shape index (κ1) is 25.2. The number of carboxylic acid groups (broad SMARTS) is 1. The number of anilines is 1. The van der Waals surface area contributed by atoms with E-state index < -0.39 is 5.97 Å². The van der Waals surface area contributed by atoms with Crippen molar-refractivity contribution >= 4 is 34.2 Å². The van der Waals surface area contributed by atoms with Crippen molar-refractivity contribution in [3.63, 3.8) is 0 Å². The first-order valence-corrected chi connectivity index (χ1v) is 12.3. The number of pyridine rings is 2. The van der Waals surface area contributed by atoms with Crippen molar-refractivity contribution in [2.24, 2.45) is 5.73 Å². The molecule has 5 rings (SSSR count). The Morgan fingerprint density at radius 2 is 1.97 bits per heavy atom. The van der Waals surface area contributed by atoms with Crippen LogP contribution in [0.5, 0.6) is 5.75 Å². The molecule has 0 amide bonds. The summed E-state index contributed by atoms with van der Waals surface area (Å²) in [7, 11) is 0. The number of nitrogens with zero attached hydrogens (tertiary/aromatic N) is 3. The minimum Gasteiger partial charge on any atom is -0.491 e. The monoisotopic (exact) mass is 528 g/mol. The van der Waals surface area contributed by atoms with Gasteiger partial charge in [-0.2, -0.15) is 0 Å². The number of ether oxygens (including phenoxy) is 1. The smallest absolute Gasteiger partial charge is 0.337 e. The van der Waals surface area contributed by atoms with Gasteiger partial charge in [-0.15, -0.1) is 0 Å². The summed E-state index contributed by atoms with van der Waals surface area (Å²) >= 11 is 6.31. The van der Waals surface area contributed by atoms with Crippen LogP contribution in [-0.2, 0) is 6.54 Å². The Bertz CT molecular complexity index is 1630. The number of hydrogen-bond donors (Lipinski definition) is 4. The second-order valence-electron chi connectivity index (χ2n) is 8.61. The second-order valence-corrected chi connectivity index (χ2v) is 8.99. The number of halogens is 1. The van der Waals surface area contributed by atoms with Crippen LogP contribution >= 0.6 is 11.6 Å². The lowest BCUT2D eigenvalue weighted by Crippen LogP contribution is -2.10. The van der Waals surface area contributed by atoms with Gasteiger partial charge in [0.1, 0.15) is 18.2 Å². The van der Waals surface area contributed by atoms with E-state index in [4.69, 9.17) is 32.0 Å². The summed E-state index contributed by atoms with van der Waals surface area (Å²) in [6.45, 7) is 3.05. The van der Waals surface area contributed by atoms with Crippen LogP contribution in [0, 0.1) is 6.92 Å². The highest BCUT2D eigenvalue weighted by molar-refractivity contribution is 6.36. The molecule has 0 aliphatic heterocycles. The fraction of sp³-hybridized carbons (Fsp3) is 0.143. The van der Waals surface area contributed by atoms with Gasteiger partial charge in [0.15, 0.2) is 0 Å². The van der Waals surface area contributed by atoms with Crippen molar-refractivity contribution in [1.82, 2.24) is 19.9 Å². The molecule has 38 heavy (non-hydrogen) atoms. The van der Waals surface area contributed by atoms with Gasteiger partial charge in [-0.3, -0.25) is 9.97 Å². The number of nitrogens with one attached hydrogen (secondary N) is 2. The molecule has 5 N–H and O–H groups in total. The van der Waals surface area contributed by atoms with Crippen molar-refractivity contribution < 1.29 is 14.6 Å². The first-order chi connectivity index (χ1) is 18.4. The van der Waals surface area contributed by atoms with Crippen LogP contribution in [-0.4, -0.2) is 44.2 Å². The van der Waals surface area contributed by atoms with Crippen LogP contribution in [0.15, 0.2) is 66.9 Å². The van der Waals surface area contributed by atoms with Gasteiger partial charge in [0.25, 0.3) is 0 Å². The maximum Gasteiger partial charge on any atom is 0.337 e. The van der Waals surface area contributed by atoms with Gasteiger partial charge in [-0.25, -0.2) is 9.78 Å². The van der Waals surface area contributed by atoms with Gasteiger partial charge in [0.2, 0.25) is 0 Å². The Morgan fingerprint density at radius 3 is 2.76 bits per heavy atom. The molecule has 5 aromatic rings. The molecule has 0 aliphatic carbocycles. The lowest BCUT2D eigenvalue weighted by atomic mass is 10.1. The van der Waals surface area contributed by atoms with E-state index in [1.165, 1.54) is 6.07 Å². The number of fused-ring (bicyclic) bond motifs is 1. The number of aryl methyl sites for hydroxylation is 1. The summed E-state index contributed by atoms with van der Waals surface area (Å²) in [5, 5.41) is 13.6. The molecule has 0 saturated heterocycles. The molecule has 0 unspecified atom stereocenters. The molecule has 2 aromatic carbocycles. The number of rotatable bonds is 9. The van der Waals surface area contributed by atoms with Crippen LogP contribution < -0.4 is 15.8 Å². The molecule has 0 atom stereocenters. The van der Waals surface area contributed by atoms with Crippen molar-refractivity contribution in [1.29, 1.82) is 0 Å². The van der Waals surface area contributed by atoms with Crippen molar-refractivity contribution in [3.8, 4) is 28.4 Å². The summed E-state index contributed by atoms with van der Waals surface area (Å²) < 4.78 is 5.65. The number of hydrogen-bond acceptors (Lipinski definition) is 7. The average molecular weight is 529 g/mol. The third-order valence-electron chi connectivity index (χ3n) is 5.89. The number of nitrogens with two attached hydrogens (primary N) is 1. The quantitative estimate of drug-likeness (QED) is 0.202. The SMILES string of the molecule is Cc1cccc(-c2[nH]c(CNc3cccc(C(=O)O)c3Cl)nc2-c2ccc3ncc(OCCN)cc3c2)n1. The molecule has 0 saturated carbocycles. The Kier molecular flexibility index (Phi) is 7.21. The zero-order valence-corrected chi connectivity index (χ0v) is 21.3. The van der Waals surface area contributed by atoms with E-state index in [2.05, 4.69) is 15.3 Å². The zero-order chi connectivity index (χ0) is 26.6. The van der Waals surface area contributed by atoms with E-state index in [-0.39, 0.29) is 17.1 Å². The summed E-state index contributed by atoms with van der Waals surface area (Å²) in [6, 6.07) is 18.5. The number of benzene rings is 2. The number of aromatic amines is 1. The Morgan fingerprint density at radius 1 is 1.13 bits per heavy atom. The number of aromatic carboxylic acids is 1. The summed E-state index contributed by atoms with van der Waals surface area (Å²) in [5.74, 6) is 0.190. The number of carbonyl (C=O) groups is 1. The topological polar surface area (TPSA) is 139 Å².